The number of hydrogen-bond acceptors (Lipinski definition) is 3. The summed E-state index contributed by atoms with van der Waals surface area (Å²) in [6.45, 7) is 1.49. The average Bonchev–Trinajstić information content (AvgIpc) is 2.50. The van der Waals surface area contributed by atoms with Gasteiger partial charge in [0.15, 0.2) is 0 Å². The Morgan fingerprint density at radius 3 is 1.68 bits per heavy atom. The summed E-state index contributed by atoms with van der Waals surface area (Å²) in [7, 11) is 0. The van der Waals surface area contributed by atoms with E-state index in [4.69, 9.17) is 10.5 Å². The fraction of sp³-hybridized carbons (Fsp3) is 0.0625. The molecule has 6 nitrogen and oxygen atoms in total. The molecule has 0 aliphatic rings. The molecule has 0 radical (unpaired) electrons. The summed E-state index contributed by atoms with van der Waals surface area (Å²) in [6.07, 6.45) is 0.250. The van der Waals surface area contributed by atoms with Gasteiger partial charge in [-0.2, -0.15) is 0 Å². The highest BCUT2D eigenvalue weighted by Crippen LogP contribution is 2.03. The van der Waals surface area contributed by atoms with E-state index < -0.39 is 0 Å². The summed E-state index contributed by atoms with van der Waals surface area (Å²) in [5, 5.41) is 2.67. The molecular weight excluding hydrogens is 282 g/mol. The number of hydrogen-bond donors (Lipinski definition) is 3. The standard InChI is InChI=1S/C8H9NO.C7H7NO.CH3NO/c1-7(10)9-8-5-3-2-4-6-8;8-7(9)6-4-2-1-3-5-6;2-1-3/h2-6H,1H3,(H,9,10);1-5H,(H2,8,9);1H,(H2,2,3). The van der Waals surface area contributed by atoms with Crippen LogP contribution in [0.3, 0.4) is 0 Å². The third-order valence-electron chi connectivity index (χ3n) is 2.15. The third kappa shape index (κ3) is 9.74. The number of nitrogens with two attached hydrogens (primary N) is 2. The minimum absolute atomic E-state index is 0.0359. The van der Waals surface area contributed by atoms with Crippen LogP contribution in [0, 0.1) is 0 Å². The van der Waals surface area contributed by atoms with Gasteiger partial charge in [-0.05, 0) is 24.3 Å². The van der Waals surface area contributed by atoms with Crippen molar-refractivity contribution in [3.63, 3.8) is 0 Å². The van der Waals surface area contributed by atoms with Crippen LogP contribution in [0.2, 0.25) is 0 Å². The van der Waals surface area contributed by atoms with Crippen LogP contribution in [-0.2, 0) is 9.59 Å². The molecule has 116 valence electrons. The molecule has 5 N–H and O–H groups in total. The van der Waals surface area contributed by atoms with Gasteiger partial charge in [-0.1, -0.05) is 36.4 Å². The van der Waals surface area contributed by atoms with Crippen molar-refractivity contribution in [3.8, 4) is 0 Å². The van der Waals surface area contributed by atoms with Crippen molar-refractivity contribution < 1.29 is 14.4 Å². The van der Waals surface area contributed by atoms with Crippen LogP contribution < -0.4 is 16.8 Å². The molecule has 3 amide bonds. The first-order chi connectivity index (χ1) is 10.5. The maximum atomic E-state index is 10.5. The van der Waals surface area contributed by atoms with E-state index in [1.807, 2.05) is 36.4 Å². The van der Waals surface area contributed by atoms with Crippen LogP contribution in [0.5, 0.6) is 0 Å². The largest absolute Gasteiger partial charge is 0.372 e. The Labute approximate surface area is 129 Å². The molecule has 6 heteroatoms. The van der Waals surface area contributed by atoms with Gasteiger partial charge in [0.05, 0.1) is 0 Å². The summed E-state index contributed by atoms with van der Waals surface area (Å²) in [5.41, 5.74) is 10.5. The molecule has 2 rings (SSSR count). The van der Waals surface area contributed by atoms with Crippen LogP contribution in [0.15, 0.2) is 60.7 Å². The van der Waals surface area contributed by atoms with Crippen molar-refractivity contribution in [2.75, 3.05) is 5.32 Å². The first kappa shape index (κ1) is 18.9. The van der Waals surface area contributed by atoms with E-state index in [0.29, 0.717) is 5.56 Å². The van der Waals surface area contributed by atoms with E-state index in [2.05, 4.69) is 11.1 Å². The maximum Gasteiger partial charge on any atom is 0.248 e. The molecule has 0 saturated carbocycles. The van der Waals surface area contributed by atoms with E-state index in [-0.39, 0.29) is 18.2 Å². The topological polar surface area (TPSA) is 115 Å². The van der Waals surface area contributed by atoms with Crippen LogP contribution in [0.1, 0.15) is 17.3 Å². The van der Waals surface area contributed by atoms with Gasteiger partial charge in [-0.25, -0.2) is 0 Å². The predicted molar refractivity (Wildman–Crippen MR) is 86.0 cm³/mol. The Kier molecular flexibility index (Phi) is 9.99. The van der Waals surface area contributed by atoms with Crippen LogP contribution in [-0.4, -0.2) is 18.2 Å². The Morgan fingerprint density at radius 2 is 1.36 bits per heavy atom. The Hall–Kier alpha value is -3.15. The summed E-state index contributed by atoms with van der Waals surface area (Å²) in [6, 6.07) is 18.1. The fourth-order valence-corrected chi connectivity index (χ4v) is 1.33. The minimum atomic E-state index is -0.379. The molecule has 0 aromatic heterocycles. The van der Waals surface area contributed by atoms with Crippen molar-refractivity contribution in [2.45, 2.75) is 6.92 Å². The number of nitrogens with one attached hydrogen (secondary N) is 1. The molecule has 0 bridgehead atoms. The second-order valence-electron chi connectivity index (χ2n) is 3.91. The molecule has 2 aromatic rings. The third-order valence-corrected chi connectivity index (χ3v) is 2.15. The fourth-order valence-electron chi connectivity index (χ4n) is 1.33. The molecular formula is C16H19N3O3. The smallest absolute Gasteiger partial charge is 0.248 e. The number of benzene rings is 2. The zero-order chi connectivity index (χ0) is 16.8. The monoisotopic (exact) mass is 301 g/mol. The van der Waals surface area contributed by atoms with Crippen molar-refractivity contribution in [1.82, 2.24) is 0 Å². The predicted octanol–water partition coefficient (Wildman–Crippen LogP) is 1.53. The van der Waals surface area contributed by atoms with E-state index in [1.54, 1.807) is 24.3 Å². The molecule has 0 spiro atoms. The van der Waals surface area contributed by atoms with Gasteiger partial charge in [-0.15, -0.1) is 0 Å². The van der Waals surface area contributed by atoms with E-state index in [1.165, 1.54) is 6.92 Å². The van der Waals surface area contributed by atoms with Gasteiger partial charge in [0.2, 0.25) is 18.2 Å². The number of primary amides is 2. The van der Waals surface area contributed by atoms with E-state index in [0.717, 1.165) is 5.69 Å². The molecule has 0 fully saturated rings. The highest BCUT2D eigenvalue weighted by atomic mass is 16.1. The van der Waals surface area contributed by atoms with Crippen LogP contribution in [0.25, 0.3) is 0 Å². The minimum Gasteiger partial charge on any atom is -0.372 e. The molecule has 22 heavy (non-hydrogen) atoms. The normalized spacial score (nSPS) is 8.23. The number of carbonyl (C=O) groups is 3. The van der Waals surface area contributed by atoms with Crippen LogP contribution >= 0.6 is 0 Å². The van der Waals surface area contributed by atoms with Crippen molar-refractivity contribution >= 4 is 23.9 Å². The number of carbonyl (C=O) groups excluding carboxylic acids is 3. The Bertz CT molecular complexity index is 572. The van der Waals surface area contributed by atoms with Crippen molar-refractivity contribution in [2.24, 2.45) is 11.5 Å². The van der Waals surface area contributed by atoms with Crippen molar-refractivity contribution in [1.29, 1.82) is 0 Å². The van der Waals surface area contributed by atoms with E-state index >= 15 is 0 Å². The second-order valence-corrected chi connectivity index (χ2v) is 3.91. The lowest BCUT2D eigenvalue weighted by molar-refractivity contribution is -0.114. The molecule has 2 aromatic carbocycles. The number of anilines is 1. The summed E-state index contributed by atoms with van der Waals surface area (Å²) < 4.78 is 0. The lowest BCUT2D eigenvalue weighted by Gasteiger charge is -1.98. The highest BCUT2D eigenvalue weighted by molar-refractivity contribution is 5.92. The molecule has 0 atom stereocenters. The lowest BCUT2D eigenvalue weighted by atomic mass is 10.2. The number of rotatable bonds is 2. The Morgan fingerprint density at radius 1 is 0.955 bits per heavy atom. The van der Waals surface area contributed by atoms with Gasteiger partial charge in [0.25, 0.3) is 0 Å². The lowest BCUT2D eigenvalue weighted by Crippen LogP contribution is -2.09. The molecule has 0 saturated heterocycles. The van der Waals surface area contributed by atoms with Gasteiger partial charge in [0.1, 0.15) is 0 Å². The van der Waals surface area contributed by atoms with E-state index in [9.17, 15) is 9.59 Å². The summed E-state index contributed by atoms with van der Waals surface area (Å²) >= 11 is 0. The SMILES string of the molecule is CC(=O)Nc1ccccc1.NC(=O)c1ccccc1.NC=O. The zero-order valence-corrected chi connectivity index (χ0v) is 12.2. The molecule has 0 heterocycles. The zero-order valence-electron chi connectivity index (χ0n) is 12.2. The van der Waals surface area contributed by atoms with Gasteiger partial charge in [0, 0.05) is 18.2 Å². The summed E-state index contributed by atoms with van der Waals surface area (Å²) in [4.78, 5) is 29.5. The maximum absolute atomic E-state index is 10.5. The average molecular weight is 301 g/mol. The molecule has 0 aliphatic heterocycles. The quantitative estimate of drug-likeness (QED) is 0.730. The van der Waals surface area contributed by atoms with Gasteiger partial charge in [-0.3, -0.25) is 14.4 Å². The number of amides is 3. The second kappa shape index (κ2) is 11.7. The summed E-state index contributed by atoms with van der Waals surface area (Å²) in [5.74, 6) is -0.415. The first-order valence-corrected chi connectivity index (χ1v) is 6.34. The van der Waals surface area contributed by atoms with Crippen LogP contribution in [0.4, 0.5) is 5.69 Å². The van der Waals surface area contributed by atoms with Gasteiger partial charge >= 0.3 is 0 Å². The highest BCUT2D eigenvalue weighted by Gasteiger charge is 1.93. The van der Waals surface area contributed by atoms with Gasteiger partial charge < -0.3 is 16.8 Å². The molecule has 0 unspecified atom stereocenters. The Balaban J connectivity index is 0.000000342. The molecule has 0 aliphatic carbocycles. The number of para-hydroxylation sites is 1. The van der Waals surface area contributed by atoms with Crippen molar-refractivity contribution in [3.05, 3.63) is 66.2 Å². The first-order valence-electron chi connectivity index (χ1n) is 6.34.